The van der Waals surface area contributed by atoms with Crippen LogP contribution >= 0.6 is 0 Å². The molecule has 4 atom stereocenters. The SMILES string of the molecule is C[C@H](Oc1c(F)cccc1CC(=O)[C@@H](N)C(c1ccc(F)cc1)c1ccc(F)cc1)[C@@H]1CN[C@H](COC(=O)CCC(F)(F)F)CO1. The molecule has 7 nitrogen and oxygen atoms in total. The van der Waals surface area contributed by atoms with E-state index < -0.39 is 78.4 Å². The number of hydrogen-bond donors (Lipinski definition) is 2. The van der Waals surface area contributed by atoms with E-state index in [9.17, 15) is 31.5 Å². The maximum atomic E-state index is 15.1. The third-order valence-electron chi connectivity index (χ3n) is 7.61. The van der Waals surface area contributed by atoms with E-state index in [1.54, 1.807) is 6.92 Å². The van der Waals surface area contributed by atoms with Gasteiger partial charge in [0.15, 0.2) is 17.3 Å². The first-order valence-electron chi connectivity index (χ1n) is 14.6. The Kier molecular flexibility index (Phi) is 11.8. The van der Waals surface area contributed by atoms with Crippen LogP contribution < -0.4 is 15.8 Å². The number of ketones is 1. The van der Waals surface area contributed by atoms with E-state index in [4.69, 9.17) is 19.9 Å². The zero-order valence-corrected chi connectivity index (χ0v) is 24.9. The number of alkyl halides is 3. The van der Waals surface area contributed by atoms with Gasteiger partial charge in [0.2, 0.25) is 0 Å². The van der Waals surface area contributed by atoms with Crippen molar-refractivity contribution in [3.8, 4) is 5.75 Å². The molecule has 0 radical (unpaired) electrons. The number of morpholine rings is 1. The molecule has 3 N–H and O–H groups in total. The molecule has 1 aliphatic rings. The van der Waals surface area contributed by atoms with Gasteiger partial charge in [-0.25, -0.2) is 13.2 Å². The van der Waals surface area contributed by atoms with E-state index in [2.05, 4.69) is 5.32 Å². The van der Waals surface area contributed by atoms with Crippen LogP contribution in [0.3, 0.4) is 0 Å². The zero-order valence-electron chi connectivity index (χ0n) is 24.9. The molecule has 0 saturated carbocycles. The maximum Gasteiger partial charge on any atom is 0.389 e. The van der Waals surface area contributed by atoms with Crippen molar-refractivity contribution >= 4 is 11.8 Å². The smallest absolute Gasteiger partial charge is 0.389 e. The van der Waals surface area contributed by atoms with Crippen LogP contribution in [0.4, 0.5) is 26.3 Å². The largest absolute Gasteiger partial charge is 0.485 e. The Bertz CT molecular complexity index is 1420. The summed E-state index contributed by atoms with van der Waals surface area (Å²) in [6.45, 7) is 1.72. The highest BCUT2D eigenvalue weighted by Crippen LogP contribution is 2.31. The fourth-order valence-electron chi connectivity index (χ4n) is 5.08. The van der Waals surface area contributed by atoms with E-state index in [1.165, 1.54) is 66.7 Å². The van der Waals surface area contributed by atoms with Crippen LogP contribution in [0.1, 0.15) is 42.4 Å². The predicted molar refractivity (Wildman–Crippen MR) is 156 cm³/mol. The standard InChI is InChI=1S/C33H34F6N2O5/c1-19(28-16-41-25(17-44-28)18-45-29(43)13-14-33(37,38)39)46-32-22(3-2-4-26(32)36)15-27(42)31(40)30(20-5-9-23(34)10-6-20)21-7-11-24(35)12-8-21/h2-12,19,25,28,30-31,41H,13-18,40H2,1H3/t19-,25-,28-,31+/m0/s1. The molecular weight excluding hydrogens is 618 g/mol. The van der Waals surface area contributed by atoms with Crippen molar-refractivity contribution in [1.82, 2.24) is 5.32 Å². The molecule has 0 unspecified atom stereocenters. The third-order valence-corrected chi connectivity index (χ3v) is 7.61. The molecule has 1 heterocycles. The van der Waals surface area contributed by atoms with Gasteiger partial charge in [-0.1, -0.05) is 36.4 Å². The second-order valence-corrected chi connectivity index (χ2v) is 11.1. The van der Waals surface area contributed by atoms with Crippen molar-refractivity contribution in [2.24, 2.45) is 5.73 Å². The minimum atomic E-state index is -4.46. The number of rotatable bonds is 13. The predicted octanol–water partition coefficient (Wildman–Crippen LogP) is 5.38. The molecule has 3 aromatic carbocycles. The lowest BCUT2D eigenvalue weighted by atomic mass is 9.82. The molecule has 1 aliphatic heterocycles. The fourth-order valence-corrected chi connectivity index (χ4v) is 5.08. The highest BCUT2D eigenvalue weighted by atomic mass is 19.4. The molecular formula is C33H34F6N2O5. The second-order valence-electron chi connectivity index (χ2n) is 11.1. The lowest BCUT2D eigenvalue weighted by Gasteiger charge is -2.33. The molecule has 0 amide bonds. The van der Waals surface area contributed by atoms with Crippen molar-refractivity contribution in [3.63, 3.8) is 0 Å². The quantitative estimate of drug-likeness (QED) is 0.189. The van der Waals surface area contributed by atoms with Crippen LogP contribution in [0.5, 0.6) is 5.75 Å². The van der Waals surface area contributed by atoms with Crippen molar-refractivity contribution < 1.29 is 50.1 Å². The summed E-state index contributed by atoms with van der Waals surface area (Å²) in [6, 6.07) is 13.4. The topological polar surface area (TPSA) is 99.9 Å². The highest BCUT2D eigenvalue weighted by molar-refractivity contribution is 5.88. The molecule has 1 saturated heterocycles. The van der Waals surface area contributed by atoms with Crippen molar-refractivity contribution in [1.29, 1.82) is 0 Å². The van der Waals surface area contributed by atoms with Crippen LogP contribution in [0.2, 0.25) is 0 Å². The first-order chi connectivity index (χ1) is 21.8. The molecule has 0 aliphatic carbocycles. The first-order valence-corrected chi connectivity index (χ1v) is 14.6. The Hall–Kier alpha value is -3.94. The summed E-state index contributed by atoms with van der Waals surface area (Å²) < 4.78 is 95.9. The molecule has 4 rings (SSSR count). The lowest BCUT2D eigenvalue weighted by molar-refractivity contribution is -0.158. The Morgan fingerprint density at radius 3 is 2.13 bits per heavy atom. The van der Waals surface area contributed by atoms with Gasteiger partial charge >= 0.3 is 12.1 Å². The number of Topliss-reactive ketones (excluding diaryl/α,β-unsaturated/α-hetero) is 1. The molecule has 0 spiro atoms. The molecule has 0 aromatic heterocycles. The summed E-state index contributed by atoms with van der Waals surface area (Å²) in [5.41, 5.74) is 7.77. The van der Waals surface area contributed by atoms with E-state index in [0.717, 1.165) is 0 Å². The molecule has 3 aromatic rings. The van der Waals surface area contributed by atoms with E-state index in [1.807, 2.05) is 0 Å². The number of para-hydroxylation sites is 1. The Morgan fingerprint density at radius 1 is 0.978 bits per heavy atom. The average Bonchev–Trinajstić information content (AvgIpc) is 3.02. The summed E-state index contributed by atoms with van der Waals surface area (Å²) in [4.78, 5) is 25.1. The van der Waals surface area contributed by atoms with Gasteiger partial charge in [0.1, 0.15) is 30.4 Å². The normalized spacial score (nSPS) is 18.2. The summed E-state index contributed by atoms with van der Waals surface area (Å²) >= 11 is 0. The van der Waals surface area contributed by atoms with Crippen LogP contribution in [-0.4, -0.2) is 62.0 Å². The summed E-state index contributed by atoms with van der Waals surface area (Å²) in [5.74, 6) is -4.02. The first kappa shape index (κ1) is 34.9. The monoisotopic (exact) mass is 652 g/mol. The van der Waals surface area contributed by atoms with Gasteiger partial charge in [-0.15, -0.1) is 0 Å². The summed E-state index contributed by atoms with van der Waals surface area (Å²) in [7, 11) is 0. The minimum Gasteiger partial charge on any atom is -0.485 e. The Balaban J connectivity index is 1.39. The lowest BCUT2D eigenvalue weighted by Crippen LogP contribution is -2.53. The summed E-state index contributed by atoms with van der Waals surface area (Å²) in [5, 5.41) is 3.07. The van der Waals surface area contributed by atoms with Gasteiger partial charge in [0.05, 0.1) is 31.5 Å². The average molecular weight is 653 g/mol. The van der Waals surface area contributed by atoms with E-state index in [0.29, 0.717) is 11.1 Å². The highest BCUT2D eigenvalue weighted by Gasteiger charge is 2.32. The van der Waals surface area contributed by atoms with Crippen LogP contribution in [-0.2, 0) is 25.5 Å². The van der Waals surface area contributed by atoms with Crippen molar-refractivity contribution in [3.05, 3.63) is 101 Å². The van der Waals surface area contributed by atoms with Crippen LogP contribution in [0, 0.1) is 17.5 Å². The number of carbonyl (C=O) groups is 2. The molecule has 46 heavy (non-hydrogen) atoms. The number of nitrogens with two attached hydrogens (primary N) is 1. The van der Waals surface area contributed by atoms with Crippen molar-refractivity contribution in [2.75, 3.05) is 19.8 Å². The number of nitrogens with one attached hydrogen (secondary N) is 1. The number of carbonyl (C=O) groups excluding carboxylic acids is 2. The van der Waals surface area contributed by atoms with Gasteiger partial charge in [0, 0.05) is 24.4 Å². The summed E-state index contributed by atoms with van der Waals surface area (Å²) in [6.07, 6.45) is -8.09. The molecule has 13 heteroatoms. The number of benzene rings is 3. The Labute approximate surface area is 262 Å². The van der Waals surface area contributed by atoms with E-state index >= 15 is 4.39 Å². The second kappa shape index (κ2) is 15.6. The Morgan fingerprint density at radius 2 is 1.59 bits per heavy atom. The molecule has 1 fully saturated rings. The van der Waals surface area contributed by atoms with Crippen LogP contribution in [0.25, 0.3) is 0 Å². The zero-order chi connectivity index (χ0) is 33.4. The number of hydrogen-bond acceptors (Lipinski definition) is 7. The van der Waals surface area contributed by atoms with Crippen molar-refractivity contribution in [2.45, 2.75) is 62.6 Å². The minimum absolute atomic E-state index is 0.0521. The third kappa shape index (κ3) is 9.78. The van der Waals surface area contributed by atoms with Crippen LogP contribution in [0.15, 0.2) is 66.7 Å². The molecule has 248 valence electrons. The van der Waals surface area contributed by atoms with Gasteiger partial charge in [0.25, 0.3) is 0 Å². The van der Waals surface area contributed by atoms with Gasteiger partial charge in [-0.2, -0.15) is 13.2 Å². The number of halogens is 6. The van der Waals surface area contributed by atoms with Gasteiger partial charge < -0.3 is 25.3 Å². The van der Waals surface area contributed by atoms with Gasteiger partial charge in [-0.05, 0) is 48.4 Å². The fraction of sp³-hybridized carbons (Fsp3) is 0.394. The number of ether oxygens (including phenoxy) is 3. The molecule has 0 bridgehead atoms. The maximum absolute atomic E-state index is 15.1. The van der Waals surface area contributed by atoms with Gasteiger partial charge in [-0.3, -0.25) is 9.59 Å². The number of esters is 1. The van der Waals surface area contributed by atoms with E-state index in [-0.39, 0.29) is 37.5 Å².